The molecule has 0 saturated heterocycles. The lowest BCUT2D eigenvalue weighted by atomic mass is 10.1. The molecule has 3 aromatic carbocycles. The van der Waals surface area contributed by atoms with Crippen molar-refractivity contribution in [2.24, 2.45) is 0 Å². The highest BCUT2D eigenvalue weighted by molar-refractivity contribution is 8.22. The second-order valence-electron chi connectivity index (χ2n) is 6.62. The summed E-state index contributed by atoms with van der Waals surface area (Å²) in [7, 11) is 0. The van der Waals surface area contributed by atoms with Crippen LogP contribution in [0.2, 0.25) is 5.02 Å². The molecule has 0 spiro atoms. The van der Waals surface area contributed by atoms with Gasteiger partial charge in [-0.05, 0) is 41.8 Å². The van der Waals surface area contributed by atoms with Crippen molar-refractivity contribution in [3.8, 4) is 0 Å². The molecule has 0 bridgehead atoms. The van der Waals surface area contributed by atoms with E-state index in [1.807, 2.05) is 72.8 Å². The van der Waals surface area contributed by atoms with Gasteiger partial charge in [-0.1, -0.05) is 84.0 Å². The molecule has 5 heteroatoms. The monoisotopic (exact) mass is 438 g/mol. The van der Waals surface area contributed by atoms with Gasteiger partial charge in [-0.2, -0.15) is 0 Å². The second-order valence-corrected chi connectivity index (χ2v) is 9.51. The van der Waals surface area contributed by atoms with Gasteiger partial charge in [0.25, 0.3) is 0 Å². The zero-order chi connectivity index (χ0) is 20.1. The smallest absolute Gasteiger partial charge is 0.325 e. The fraction of sp³-hybridized carbons (Fsp3) is 0.125. The van der Waals surface area contributed by atoms with E-state index in [2.05, 4.69) is 12.1 Å². The molecule has 4 rings (SSSR count). The van der Waals surface area contributed by atoms with Gasteiger partial charge in [-0.15, -0.1) is 11.8 Å². The number of benzene rings is 3. The molecule has 0 aromatic heterocycles. The largest absolute Gasteiger partial charge is 0.423 e. The minimum Gasteiger partial charge on any atom is -0.423 e. The van der Waals surface area contributed by atoms with Gasteiger partial charge in [0.05, 0.1) is 4.24 Å². The lowest BCUT2D eigenvalue weighted by Crippen LogP contribution is -2.26. The lowest BCUT2D eigenvalue weighted by molar-refractivity contribution is -0.136. The summed E-state index contributed by atoms with van der Waals surface area (Å²) < 4.78 is 6.88. The summed E-state index contributed by atoms with van der Waals surface area (Å²) in [5, 5.41) is 0.399. The van der Waals surface area contributed by atoms with E-state index >= 15 is 0 Å². The molecule has 1 atom stereocenters. The third kappa shape index (κ3) is 5.27. The Morgan fingerprint density at radius 2 is 1.48 bits per heavy atom. The zero-order valence-corrected chi connectivity index (χ0v) is 18.0. The topological polar surface area (TPSA) is 26.3 Å². The number of halogens is 1. The quantitative estimate of drug-likeness (QED) is 0.395. The van der Waals surface area contributed by atoms with E-state index in [1.165, 1.54) is 5.56 Å². The van der Waals surface area contributed by atoms with Gasteiger partial charge >= 0.3 is 5.97 Å². The molecule has 3 aromatic rings. The molecule has 1 aliphatic rings. The summed E-state index contributed by atoms with van der Waals surface area (Å²) in [5.41, 5.74) is 3.23. The number of carbonyl (C=O) groups excluding carboxylic acids is 1. The van der Waals surface area contributed by atoms with E-state index in [-0.39, 0.29) is 11.2 Å². The van der Waals surface area contributed by atoms with Gasteiger partial charge in [0.15, 0.2) is 5.76 Å². The van der Waals surface area contributed by atoms with Crippen molar-refractivity contribution in [3.63, 3.8) is 0 Å². The number of carbonyl (C=O) groups is 1. The first-order valence-electron chi connectivity index (χ1n) is 9.28. The number of cyclic esters (lactones) is 1. The highest BCUT2D eigenvalue weighted by Crippen LogP contribution is 2.45. The van der Waals surface area contributed by atoms with Gasteiger partial charge in [0.1, 0.15) is 5.25 Å². The van der Waals surface area contributed by atoms with Crippen LogP contribution in [0.15, 0.2) is 89.2 Å². The van der Waals surface area contributed by atoms with E-state index in [0.717, 1.165) is 21.1 Å². The number of ether oxygens (including phenoxy) is 1. The van der Waals surface area contributed by atoms with Gasteiger partial charge < -0.3 is 4.74 Å². The molecule has 0 N–H and O–H groups in total. The van der Waals surface area contributed by atoms with E-state index in [9.17, 15) is 4.79 Å². The van der Waals surface area contributed by atoms with Crippen molar-refractivity contribution in [3.05, 3.63) is 111 Å². The summed E-state index contributed by atoms with van der Waals surface area (Å²) in [5.74, 6) is 1.24. The fourth-order valence-corrected chi connectivity index (χ4v) is 5.64. The summed E-state index contributed by atoms with van der Waals surface area (Å²) in [6.07, 6.45) is 0.646. The molecule has 1 unspecified atom stereocenters. The number of esters is 1. The van der Waals surface area contributed by atoms with Crippen LogP contribution in [0.5, 0.6) is 0 Å². The summed E-state index contributed by atoms with van der Waals surface area (Å²) in [6, 6.07) is 27.8. The van der Waals surface area contributed by atoms with Crippen LogP contribution in [0.25, 0.3) is 5.76 Å². The Balaban J connectivity index is 1.61. The van der Waals surface area contributed by atoms with Crippen LogP contribution in [0.1, 0.15) is 16.7 Å². The van der Waals surface area contributed by atoms with Crippen molar-refractivity contribution in [2.75, 3.05) is 0 Å². The predicted octanol–water partition coefficient (Wildman–Crippen LogP) is 6.80. The first-order valence-corrected chi connectivity index (χ1v) is 11.5. The van der Waals surface area contributed by atoms with Gasteiger partial charge in [-0.25, -0.2) is 0 Å². The van der Waals surface area contributed by atoms with Crippen LogP contribution in [0.4, 0.5) is 0 Å². The van der Waals surface area contributed by atoms with Gasteiger partial charge in [0, 0.05) is 16.3 Å². The predicted molar refractivity (Wildman–Crippen MR) is 124 cm³/mol. The average Bonchev–Trinajstić information content (AvgIpc) is 2.76. The van der Waals surface area contributed by atoms with Crippen molar-refractivity contribution >= 4 is 46.9 Å². The van der Waals surface area contributed by atoms with Gasteiger partial charge in [-0.3, -0.25) is 4.79 Å². The number of rotatable bonds is 6. The van der Waals surface area contributed by atoms with Crippen LogP contribution >= 0.6 is 35.1 Å². The average molecular weight is 439 g/mol. The molecule has 29 heavy (non-hydrogen) atoms. The third-order valence-electron chi connectivity index (χ3n) is 4.48. The van der Waals surface area contributed by atoms with E-state index in [0.29, 0.717) is 17.2 Å². The number of thioether (sulfide) groups is 2. The zero-order valence-electron chi connectivity index (χ0n) is 15.6. The molecule has 0 aliphatic carbocycles. The standard InChI is InChI=1S/C24H19ClO2S2/c25-20-13-11-19(12-14-20)22-24(28-16-18-9-5-2-6-10-18)29-21(23(26)27-22)15-17-7-3-1-4-8-17/h1-14,21H,15-16H2. The minimum absolute atomic E-state index is 0.201. The van der Waals surface area contributed by atoms with Crippen LogP contribution in [0, 0.1) is 0 Å². The Hall–Kier alpha value is -2.14. The fourth-order valence-electron chi connectivity index (χ4n) is 2.99. The van der Waals surface area contributed by atoms with Crippen molar-refractivity contribution in [1.29, 1.82) is 0 Å². The molecule has 2 nitrogen and oxygen atoms in total. The Morgan fingerprint density at radius 3 is 2.14 bits per heavy atom. The highest BCUT2D eigenvalue weighted by Gasteiger charge is 2.32. The molecule has 0 amide bonds. The summed E-state index contributed by atoms with van der Waals surface area (Å²) in [4.78, 5) is 12.8. The first-order chi connectivity index (χ1) is 14.2. The molecule has 0 radical (unpaired) electrons. The molecule has 1 aliphatic heterocycles. The maximum absolute atomic E-state index is 12.8. The van der Waals surface area contributed by atoms with E-state index in [1.54, 1.807) is 23.5 Å². The lowest BCUT2D eigenvalue weighted by Gasteiger charge is -2.25. The summed E-state index contributed by atoms with van der Waals surface area (Å²) in [6.45, 7) is 0. The Kier molecular flexibility index (Phi) is 6.65. The third-order valence-corrected chi connectivity index (χ3v) is 7.35. The summed E-state index contributed by atoms with van der Waals surface area (Å²) >= 11 is 9.34. The molecular weight excluding hydrogens is 420 g/mol. The molecular formula is C24H19ClO2S2. The van der Waals surface area contributed by atoms with E-state index in [4.69, 9.17) is 16.3 Å². The SMILES string of the molecule is O=C1OC(c2ccc(Cl)cc2)=C(SCc2ccccc2)SC1Cc1ccccc1. The van der Waals surface area contributed by atoms with Crippen LogP contribution in [-0.2, 0) is 21.7 Å². The van der Waals surface area contributed by atoms with E-state index < -0.39 is 0 Å². The molecule has 0 fully saturated rings. The van der Waals surface area contributed by atoms with Crippen LogP contribution in [-0.4, -0.2) is 11.2 Å². The Bertz CT molecular complexity index is 1000. The van der Waals surface area contributed by atoms with Gasteiger partial charge in [0.2, 0.25) is 0 Å². The highest BCUT2D eigenvalue weighted by atomic mass is 35.5. The molecule has 146 valence electrons. The number of hydrogen-bond acceptors (Lipinski definition) is 4. The van der Waals surface area contributed by atoms with Crippen molar-refractivity contribution in [1.82, 2.24) is 0 Å². The second kappa shape index (κ2) is 9.57. The Labute approximate surface area is 184 Å². The van der Waals surface area contributed by atoms with Crippen LogP contribution in [0.3, 0.4) is 0 Å². The Morgan fingerprint density at radius 1 is 0.862 bits per heavy atom. The minimum atomic E-state index is -0.258. The maximum atomic E-state index is 12.8. The molecule has 1 heterocycles. The first kappa shape index (κ1) is 20.1. The normalized spacial score (nSPS) is 16.6. The van der Waals surface area contributed by atoms with Crippen LogP contribution < -0.4 is 0 Å². The van der Waals surface area contributed by atoms with Crippen molar-refractivity contribution < 1.29 is 9.53 Å². The molecule has 0 saturated carbocycles. The number of hydrogen-bond donors (Lipinski definition) is 0. The maximum Gasteiger partial charge on any atom is 0.325 e. The van der Waals surface area contributed by atoms with Crippen molar-refractivity contribution in [2.45, 2.75) is 17.4 Å².